The van der Waals surface area contributed by atoms with Crippen LogP contribution in [-0.4, -0.2) is 67.0 Å². The Morgan fingerprint density at radius 1 is 1.06 bits per heavy atom. The third kappa shape index (κ3) is 5.66. The van der Waals surface area contributed by atoms with E-state index >= 15 is 0 Å². The maximum absolute atomic E-state index is 13.1. The number of hydrogen-bond acceptors (Lipinski definition) is 6. The van der Waals surface area contributed by atoms with Crippen LogP contribution in [0, 0.1) is 0 Å². The summed E-state index contributed by atoms with van der Waals surface area (Å²) >= 11 is 0. The largest absolute Gasteiger partial charge is 0.507 e. The van der Waals surface area contributed by atoms with Gasteiger partial charge in [0, 0.05) is 18.7 Å². The zero-order valence-electron chi connectivity index (χ0n) is 20.0. The third-order valence-electron chi connectivity index (χ3n) is 5.49. The van der Waals surface area contributed by atoms with Crippen LogP contribution in [0.2, 0.25) is 0 Å². The topological polar surface area (TPSA) is 79.3 Å². The monoisotopic (exact) mass is 464 g/mol. The van der Waals surface area contributed by atoms with Crippen molar-refractivity contribution < 1.29 is 24.2 Å². The van der Waals surface area contributed by atoms with Crippen LogP contribution >= 0.6 is 0 Å². The summed E-state index contributed by atoms with van der Waals surface area (Å²) in [4.78, 5) is 29.5. The minimum absolute atomic E-state index is 0.0748. The number of likely N-dealkylation sites (tertiary alicyclic amines) is 1. The van der Waals surface area contributed by atoms with Crippen molar-refractivity contribution in [3.05, 3.63) is 77.9 Å². The molecule has 1 aliphatic rings. The molecule has 1 aliphatic heterocycles. The van der Waals surface area contributed by atoms with Gasteiger partial charge in [-0.2, -0.15) is 0 Å². The molecule has 0 bridgehead atoms. The fourth-order valence-electron chi connectivity index (χ4n) is 3.75. The van der Waals surface area contributed by atoms with Crippen molar-refractivity contribution in [2.24, 2.45) is 0 Å². The molecular weight excluding hydrogens is 432 g/mol. The first kappa shape index (κ1) is 25.1. The third-order valence-corrected chi connectivity index (χ3v) is 5.49. The quantitative estimate of drug-likeness (QED) is 0.234. The highest BCUT2D eigenvalue weighted by molar-refractivity contribution is 6.46. The first-order valence-corrected chi connectivity index (χ1v) is 11.4. The lowest BCUT2D eigenvalue weighted by Crippen LogP contribution is -2.35. The average molecular weight is 465 g/mol. The number of ketones is 1. The molecule has 34 heavy (non-hydrogen) atoms. The zero-order valence-corrected chi connectivity index (χ0v) is 20.0. The molecule has 1 atom stereocenters. The van der Waals surface area contributed by atoms with E-state index in [2.05, 4.69) is 6.58 Å². The minimum Gasteiger partial charge on any atom is -0.507 e. The lowest BCUT2D eigenvalue weighted by molar-refractivity contribution is -0.140. The van der Waals surface area contributed by atoms with Gasteiger partial charge in [0.25, 0.3) is 11.7 Å². The SMILES string of the molecule is C=CCOc1ccc(C(O)=C2C(=O)C(=O)N(CCN(C)C)[C@@H]2c2ccc(OCCC)cc2)cc1. The average Bonchev–Trinajstić information content (AvgIpc) is 3.10. The maximum atomic E-state index is 13.1. The van der Waals surface area contributed by atoms with Gasteiger partial charge in [0.15, 0.2) is 0 Å². The van der Waals surface area contributed by atoms with Gasteiger partial charge in [-0.3, -0.25) is 9.59 Å². The number of aliphatic hydroxyl groups is 1. The Labute approximate surface area is 200 Å². The Morgan fingerprint density at radius 3 is 2.26 bits per heavy atom. The predicted molar refractivity (Wildman–Crippen MR) is 132 cm³/mol. The smallest absolute Gasteiger partial charge is 0.295 e. The van der Waals surface area contributed by atoms with E-state index in [1.165, 1.54) is 4.90 Å². The van der Waals surface area contributed by atoms with Crippen LogP contribution < -0.4 is 9.47 Å². The van der Waals surface area contributed by atoms with Crippen molar-refractivity contribution in [3.8, 4) is 11.5 Å². The fraction of sp³-hybridized carbons (Fsp3) is 0.333. The van der Waals surface area contributed by atoms with E-state index in [9.17, 15) is 14.7 Å². The standard InChI is InChI=1S/C27H32N2O5/c1-5-17-33-21-11-7-19(8-12-21)24-23(26(31)27(32)29(24)16-15-28(3)4)25(30)20-9-13-22(14-10-20)34-18-6-2/h6-14,24,30H,2,5,15-18H2,1,3-4H3/t24-/m1/s1. The summed E-state index contributed by atoms with van der Waals surface area (Å²) in [5.41, 5.74) is 1.24. The molecular formula is C27H32N2O5. The fourth-order valence-corrected chi connectivity index (χ4v) is 3.75. The van der Waals surface area contributed by atoms with Crippen LogP contribution in [0.5, 0.6) is 11.5 Å². The molecule has 0 spiro atoms. The van der Waals surface area contributed by atoms with Crippen LogP contribution in [0.1, 0.15) is 30.5 Å². The van der Waals surface area contributed by atoms with Crippen LogP contribution in [0.25, 0.3) is 5.76 Å². The minimum atomic E-state index is -0.697. The first-order chi connectivity index (χ1) is 16.4. The molecule has 1 fully saturated rings. The first-order valence-electron chi connectivity index (χ1n) is 11.4. The molecule has 1 saturated heterocycles. The molecule has 0 unspecified atom stereocenters. The van der Waals surface area contributed by atoms with Gasteiger partial charge >= 0.3 is 0 Å². The van der Waals surface area contributed by atoms with E-state index in [4.69, 9.17) is 9.47 Å². The van der Waals surface area contributed by atoms with Gasteiger partial charge in [0.05, 0.1) is 18.2 Å². The van der Waals surface area contributed by atoms with Crippen molar-refractivity contribution >= 4 is 17.4 Å². The lowest BCUT2D eigenvalue weighted by Gasteiger charge is -2.26. The summed E-state index contributed by atoms with van der Waals surface area (Å²) in [6.07, 6.45) is 2.53. The van der Waals surface area contributed by atoms with Crippen molar-refractivity contribution in [3.63, 3.8) is 0 Å². The maximum Gasteiger partial charge on any atom is 0.295 e. The predicted octanol–water partition coefficient (Wildman–Crippen LogP) is 4.02. The summed E-state index contributed by atoms with van der Waals surface area (Å²) in [5, 5.41) is 11.2. The molecule has 1 amide bonds. The van der Waals surface area contributed by atoms with E-state index in [0.717, 1.165) is 12.0 Å². The molecule has 0 aliphatic carbocycles. The van der Waals surface area contributed by atoms with Gasteiger partial charge in [-0.15, -0.1) is 0 Å². The highest BCUT2D eigenvalue weighted by Crippen LogP contribution is 2.39. The number of Topliss-reactive ketones (excluding diaryl/α,β-unsaturated/α-hetero) is 1. The van der Waals surface area contributed by atoms with Crippen molar-refractivity contribution in [2.75, 3.05) is 40.4 Å². The summed E-state index contributed by atoms with van der Waals surface area (Å²) < 4.78 is 11.2. The van der Waals surface area contributed by atoms with Crippen LogP contribution in [0.15, 0.2) is 66.8 Å². The van der Waals surface area contributed by atoms with Gasteiger partial charge in [0.2, 0.25) is 0 Å². The van der Waals surface area contributed by atoms with Gasteiger partial charge in [0.1, 0.15) is 23.9 Å². The highest BCUT2D eigenvalue weighted by Gasteiger charge is 2.45. The van der Waals surface area contributed by atoms with Gasteiger partial charge < -0.3 is 24.4 Å². The van der Waals surface area contributed by atoms with Gasteiger partial charge in [-0.05, 0) is 62.5 Å². The van der Waals surface area contributed by atoms with E-state index in [1.807, 2.05) is 50.2 Å². The lowest BCUT2D eigenvalue weighted by atomic mass is 9.95. The highest BCUT2D eigenvalue weighted by atomic mass is 16.5. The molecule has 7 heteroatoms. The number of likely N-dealkylation sites (N-methyl/N-ethyl adjacent to an activating group) is 1. The van der Waals surface area contributed by atoms with Crippen molar-refractivity contribution in [1.29, 1.82) is 0 Å². The number of ether oxygens (including phenoxy) is 2. The number of aliphatic hydroxyl groups excluding tert-OH is 1. The number of benzene rings is 2. The van der Waals surface area contributed by atoms with Gasteiger partial charge in [-0.25, -0.2) is 0 Å². The van der Waals surface area contributed by atoms with Crippen LogP contribution in [-0.2, 0) is 9.59 Å². The summed E-state index contributed by atoms with van der Waals surface area (Å²) in [5.74, 6) is -0.199. The molecule has 180 valence electrons. The molecule has 0 saturated carbocycles. The molecule has 1 N–H and O–H groups in total. The Morgan fingerprint density at radius 2 is 1.68 bits per heavy atom. The van der Waals surface area contributed by atoms with E-state index in [0.29, 0.717) is 43.4 Å². The molecule has 0 radical (unpaired) electrons. The number of nitrogens with zero attached hydrogens (tertiary/aromatic N) is 2. The second-order valence-electron chi connectivity index (χ2n) is 8.34. The second kappa shape index (κ2) is 11.5. The van der Waals surface area contributed by atoms with Crippen LogP contribution in [0.4, 0.5) is 0 Å². The molecule has 3 rings (SSSR count). The van der Waals surface area contributed by atoms with E-state index < -0.39 is 17.7 Å². The number of hydrogen-bond donors (Lipinski definition) is 1. The van der Waals surface area contributed by atoms with Crippen molar-refractivity contribution in [2.45, 2.75) is 19.4 Å². The molecule has 1 heterocycles. The summed E-state index contributed by atoms with van der Waals surface area (Å²) in [6, 6.07) is 13.4. The Hall–Kier alpha value is -3.58. The number of carbonyl (C=O) groups excluding carboxylic acids is 2. The van der Waals surface area contributed by atoms with Gasteiger partial charge in [-0.1, -0.05) is 31.7 Å². The second-order valence-corrected chi connectivity index (χ2v) is 8.34. The molecule has 2 aromatic carbocycles. The van der Waals surface area contributed by atoms with Crippen molar-refractivity contribution in [1.82, 2.24) is 9.80 Å². The van der Waals surface area contributed by atoms with E-state index in [-0.39, 0.29) is 11.3 Å². The summed E-state index contributed by atoms with van der Waals surface area (Å²) in [7, 11) is 3.81. The molecule has 2 aromatic rings. The molecule has 7 nitrogen and oxygen atoms in total. The zero-order chi connectivity index (χ0) is 24.7. The Balaban J connectivity index is 2.02. The Kier molecular flexibility index (Phi) is 8.49. The number of amides is 1. The Bertz CT molecular complexity index is 1040. The summed E-state index contributed by atoms with van der Waals surface area (Å²) in [6.45, 7) is 7.55. The van der Waals surface area contributed by atoms with Crippen LogP contribution in [0.3, 0.4) is 0 Å². The van der Waals surface area contributed by atoms with E-state index in [1.54, 1.807) is 30.3 Å². The molecule has 0 aromatic heterocycles. The normalized spacial score (nSPS) is 17.3. The number of carbonyl (C=O) groups is 2. The number of rotatable bonds is 11.